The van der Waals surface area contributed by atoms with E-state index in [1.54, 1.807) is 18.7 Å². The highest BCUT2D eigenvalue weighted by atomic mass is 32.2. The zero-order chi connectivity index (χ0) is 9.40. The van der Waals surface area contributed by atoms with Gasteiger partial charge in [0.15, 0.2) is 0 Å². The summed E-state index contributed by atoms with van der Waals surface area (Å²) in [5, 5.41) is 0. The van der Waals surface area contributed by atoms with Crippen molar-refractivity contribution in [3.05, 3.63) is 0 Å². The third-order valence-corrected chi connectivity index (χ3v) is 2.07. The van der Waals surface area contributed by atoms with E-state index in [1.807, 2.05) is 6.26 Å². The summed E-state index contributed by atoms with van der Waals surface area (Å²) in [4.78, 5) is 10.9. The van der Waals surface area contributed by atoms with Gasteiger partial charge in [0.25, 0.3) is 0 Å². The Morgan fingerprint density at radius 2 is 2.33 bits per heavy atom. The van der Waals surface area contributed by atoms with Gasteiger partial charge in [-0.15, -0.1) is 0 Å². The molecule has 1 unspecified atom stereocenters. The third kappa shape index (κ3) is 6.49. The van der Waals surface area contributed by atoms with E-state index >= 15 is 0 Å². The number of thioether (sulfide) groups is 1. The molecule has 0 radical (unpaired) electrons. The van der Waals surface area contributed by atoms with Gasteiger partial charge in [0.2, 0.25) is 0 Å². The van der Waals surface area contributed by atoms with E-state index in [4.69, 9.17) is 10.5 Å². The Hall–Kier alpha value is -0.220. The van der Waals surface area contributed by atoms with Crippen molar-refractivity contribution >= 4 is 17.7 Å². The molecule has 0 aliphatic heterocycles. The minimum absolute atomic E-state index is 0.0449. The van der Waals surface area contributed by atoms with Crippen LogP contribution >= 0.6 is 11.8 Å². The summed E-state index contributed by atoms with van der Waals surface area (Å²) in [6, 6.07) is -0.0449. The van der Waals surface area contributed by atoms with Crippen molar-refractivity contribution in [1.82, 2.24) is 0 Å². The van der Waals surface area contributed by atoms with Gasteiger partial charge in [-0.05, 0) is 25.4 Å². The minimum atomic E-state index is -0.189. The van der Waals surface area contributed by atoms with E-state index in [0.717, 1.165) is 12.2 Å². The fourth-order valence-electron chi connectivity index (χ4n) is 0.805. The van der Waals surface area contributed by atoms with Crippen LogP contribution in [0.2, 0.25) is 0 Å². The zero-order valence-electron chi connectivity index (χ0n) is 7.71. The van der Waals surface area contributed by atoms with E-state index in [1.165, 1.54) is 0 Å². The molecule has 0 saturated heterocycles. The number of hydrogen-bond donors (Lipinski definition) is 1. The van der Waals surface area contributed by atoms with Crippen molar-refractivity contribution in [3.63, 3.8) is 0 Å². The lowest BCUT2D eigenvalue weighted by molar-refractivity contribution is -0.143. The van der Waals surface area contributed by atoms with Crippen LogP contribution in [-0.4, -0.2) is 30.6 Å². The molecule has 4 heteroatoms. The maximum Gasteiger partial charge on any atom is 0.307 e. The summed E-state index contributed by atoms with van der Waals surface area (Å²) in [6.07, 6.45) is 3.24. The van der Waals surface area contributed by atoms with Gasteiger partial charge in [-0.2, -0.15) is 11.8 Å². The number of carbonyl (C=O) groups excluding carboxylic acids is 1. The van der Waals surface area contributed by atoms with Crippen LogP contribution in [0.3, 0.4) is 0 Å². The maximum atomic E-state index is 10.9. The van der Waals surface area contributed by atoms with Crippen LogP contribution in [0.25, 0.3) is 0 Å². The first-order valence-electron chi connectivity index (χ1n) is 4.10. The molecule has 0 saturated carbocycles. The quantitative estimate of drug-likeness (QED) is 0.637. The first-order chi connectivity index (χ1) is 5.70. The maximum absolute atomic E-state index is 10.9. The van der Waals surface area contributed by atoms with Crippen LogP contribution in [0, 0.1) is 0 Å². The van der Waals surface area contributed by atoms with E-state index in [0.29, 0.717) is 13.0 Å². The predicted molar refractivity (Wildman–Crippen MR) is 52.2 cm³/mol. The molecule has 72 valence electrons. The van der Waals surface area contributed by atoms with Crippen molar-refractivity contribution in [2.75, 3.05) is 18.6 Å². The Bertz CT molecular complexity index is 130. The zero-order valence-corrected chi connectivity index (χ0v) is 8.52. The molecule has 0 aliphatic rings. The lowest BCUT2D eigenvalue weighted by Crippen LogP contribution is -2.25. The molecular formula is C8H17NO2S. The predicted octanol–water partition coefficient (Wildman–Crippen LogP) is 1.02. The average molecular weight is 191 g/mol. The highest BCUT2D eigenvalue weighted by Crippen LogP contribution is 2.02. The van der Waals surface area contributed by atoms with E-state index < -0.39 is 0 Å². The van der Waals surface area contributed by atoms with E-state index in [9.17, 15) is 4.79 Å². The molecule has 2 N–H and O–H groups in total. The summed E-state index contributed by atoms with van der Waals surface area (Å²) >= 11 is 1.74. The smallest absolute Gasteiger partial charge is 0.307 e. The number of rotatable bonds is 6. The molecule has 0 aromatic heterocycles. The SMILES string of the molecule is CCOC(=O)CC(N)CCSC. The standard InChI is InChI=1S/C8H17NO2S/c1-3-11-8(10)6-7(9)4-5-12-2/h7H,3-6,9H2,1-2H3. The van der Waals surface area contributed by atoms with Crippen molar-refractivity contribution < 1.29 is 9.53 Å². The van der Waals surface area contributed by atoms with Gasteiger partial charge < -0.3 is 10.5 Å². The number of carbonyl (C=O) groups is 1. The molecule has 0 spiro atoms. The Balaban J connectivity index is 3.40. The van der Waals surface area contributed by atoms with Crippen molar-refractivity contribution in [2.24, 2.45) is 5.73 Å². The lowest BCUT2D eigenvalue weighted by Gasteiger charge is -2.08. The monoisotopic (exact) mass is 191 g/mol. The number of esters is 1. The Morgan fingerprint density at radius 3 is 2.83 bits per heavy atom. The summed E-state index contributed by atoms with van der Waals surface area (Å²) in [7, 11) is 0. The number of ether oxygens (including phenoxy) is 1. The molecule has 0 fully saturated rings. The molecule has 0 rings (SSSR count). The summed E-state index contributed by atoms with van der Waals surface area (Å²) in [5.74, 6) is 0.812. The molecule has 0 bridgehead atoms. The summed E-state index contributed by atoms with van der Waals surface area (Å²) in [6.45, 7) is 2.24. The van der Waals surface area contributed by atoms with Crippen LogP contribution in [0.4, 0.5) is 0 Å². The van der Waals surface area contributed by atoms with Gasteiger partial charge in [-0.3, -0.25) is 4.79 Å². The summed E-state index contributed by atoms with van der Waals surface area (Å²) < 4.78 is 4.77. The van der Waals surface area contributed by atoms with Crippen LogP contribution in [0.5, 0.6) is 0 Å². The largest absolute Gasteiger partial charge is 0.466 e. The molecule has 0 amide bonds. The van der Waals surface area contributed by atoms with Crippen LogP contribution < -0.4 is 5.73 Å². The van der Waals surface area contributed by atoms with Gasteiger partial charge >= 0.3 is 5.97 Å². The highest BCUT2D eigenvalue weighted by Gasteiger charge is 2.08. The van der Waals surface area contributed by atoms with Crippen molar-refractivity contribution in [2.45, 2.75) is 25.8 Å². The lowest BCUT2D eigenvalue weighted by atomic mass is 10.2. The molecule has 1 atom stereocenters. The van der Waals surface area contributed by atoms with Crippen molar-refractivity contribution in [3.8, 4) is 0 Å². The van der Waals surface area contributed by atoms with Gasteiger partial charge in [-0.25, -0.2) is 0 Å². The second-order valence-electron chi connectivity index (χ2n) is 2.55. The molecule has 0 aliphatic carbocycles. The molecule has 12 heavy (non-hydrogen) atoms. The molecule has 0 aromatic rings. The first kappa shape index (κ1) is 11.8. The second kappa shape index (κ2) is 7.43. The average Bonchev–Trinajstić information content (AvgIpc) is 2.01. The van der Waals surface area contributed by atoms with Crippen molar-refractivity contribution in [1.29, 1.82) is 0 Å². The van der Waals surface area contributed by atoms with E-state index in [2.05, 4.69) is 0 Å². The third-order valence-electron chi connectivity index (χ3n) is 1.43. The van der Waals surface area contributed by atoms with Crippen LogP contribution in [0.15, 0.2) is 0 Å². The normalized spacial score (nSPS) is 12.6. The first-order valence-corrected chi connectivity index (χ1v) is 5.50. The Morgan fingerprint density at radius 1 is 1.67 bits per heavy atom. The Labute approximate surface area is 78.0 Å². The van der Waals surface area contributed by atoms with E-state index in [-0.39, 0.29) is 12.0 Å². The van der Waals surface area contributed by atoms with Gasteiger partial charge in [0.05, 0.1) is 13.0 Å². The van der Waals surface area contributed by atoms with Crippen LogP contribution in [0.1, 0.15) is 19.8 Å². The fraction of sp³-hybridized carbons (Fsp3) is 0.875. The number of nitrogens with two attached hydrogens (primary N) is 1. The van der Waals surface area contributed by atoms with Gasteiger partial charge in [0, 0.05) is 6.04 Å². The molecular weight excluding hydrogens is 174 g/mol. The number of hydrogen-bond acceptors (Lipinski definition) is 4. The molecule has 3 nitrogen and oxygen atoms in total. The topological polar surface area (TPSA) is 52.3 Å². The second-order valence-corrected chi connectivity index (χ2v) is 3.54. The Kier molecular flexibility index (Phi) is 7.29. The summed E-state index contributed by atoms with van der Waals surface area (Å²) in [5.41, 5.74) is 5.68. The minimum Gasteiger partial charge on any atom is -0.466 e. The fourth-order valence-corrected chi connectivity index (χ4v) is 1.34. The van der Waals surface area contributed by atoms with Gasteiger partial charge in [-0.1, -0.05) is 0 Å². The van der Waals surface area contributed by atoms with Crippen LogP contribution in [-0.2, 0) is 9.53 Å². The van der Waals surface area contributed by atoms with Gasteiger partial charge in [0.1, 0.15) is 0 Å². The molecule has 0 heterocycles. The molecule has 0 aromatic carbocycles. The highest BCUT2D eigenvalue weighted by molar-refractivity contribution is 7.98.